The number of rotatable bonds is 7. The average molecular weight is 184 g/mol. The van der Waals surface area contributed by atoms with E-state index in [4.69, 9.17) is 0 Å². The molecule has 1 atom stereocenters. The predicted octanol–water partition coefficient (Wildman–Crippen LogP) is 1.91. The van der Waals surface area contributed by atoms with E-state index >= 15 is 0 Å². The van der Waals surface area contributed by atoms with Crippen LogP contribution < -0.4 is 10.6 Å². The summed E-state index contributed by atoms with van der Waals surface area (Å²) in [4.78, 5) is 0. The van der Waals surface area contributed by atoms with Crippen molar-refractivity contribution in [3.05, 3.63) is 0 Å². The van der Waals surface area contributed by atoms with Crippen LogP contribution in [0.4, 0.5) is 0 Å². The molecule has 0 radical (unpaired) electrons. The maximum absolute atomic E-state index is 3.52. The van der Waals surface area contributed by atoms with Crippen LogP contribution >= 0.6 is 0 Å². The van der Waals surface area contributed by atoms with E-state index in [1.54, 1.807) is 0 Å². The lowest BCUT2D eigenvalue weighted by Gasteiger charge is -2.10. The molecule has 1 unspecified atom stereocenters. The van der Waals surface area contributed by atoms with E-state index in [0.29, 0.717) is 0 Å². The van der Waals surface area contributed by atoms with Gasteiger partial charge in [-0.05, 0) is 45.3 Å². The van der Waals surface area contributed by atoms with Crippen LogP contribution in [0.3, 0.4) is 0 Å². The lowest BCUT2D eigenvalue weighted by atomic mass is 10.1. The van der Waals surface area contributed by atoms with Crippen LogP contribution in [-0.2, 0) is 0 Å². The van der Waals surface area contributed by atoms with Crippen molar-refractivity contribution in [2.45, 2.75) is 51.5 Å². The summed E-state index contributed by atoms with van der Waals surface area (Å²) in [5.74, 6) is 0. The van der Waals surface area contributed by atoms with Crippen molar-refractivity contribution in [1.29, 1.82) is 0 Å². The minimum absolute atomic E-state index is 0.804. The molecule has 0 aromatic rings. The van der Waals surface area contributed by atoms with Gasteiger partial charge in [0.25, 0.3) is 0 Å². The van der Waals surface area contributed by atoms with E-state index in [2.05, 4.69) is 17.6 Å². The molecule has 1 rings (SSSR count). The maximum Gasteiger partial charge on any atom is 0.00796 e. The fourth-order valence-corrected chi connectivity index (χ4v) is 1.90. The minimum atomic E-state index is 0.804. The third kappa shape index (κ3) is 5.27. The summed E-state index contributed by atoms with van der Waals surface area (Å²) in [6.07, 6.45) is 8.11. The molecule has 0 saturated carbocycles. The zero-order chi connectivity index (χ0) is 9.36. The highest BCUT2D eigenvalue weighted by atomic mass is 14.9. The van der Waals surface area contributed by atoms with Gasteiger partial charge in [0.05, 0.1) is 0 Å². The Balaban J connectivity index is 1.78. The topological polar surface area (TPSA) is 24.1 Å². The highest BCUT2D eigenvalue weighted by Crippen LogP contribution is 2.07. The molecule has 2 nitrogen and oxygen atoms in total. The molecule has 1 heterocycles. The summed E-state index contributed by atoms with van der Waals surface area (Å²) in [5.41, 5.74) is 0. The molecule has 0 spiro atoms. The first-order chi connectivity index (χ1) is 6.43. The second-order valence-electron chi connectivity index (χ2n) is 4.04. The second kappa shape index (κ2) is 7.34. The van der Waals surface area contributed by atoms with Crippen LogP contribution in [0.15, 0.2) is 0 Å². The van der Waals surface area contributed by atoms with E-state index in [1.165, 1.54) is 58.2 Å². The second-order valence-corrected chi connectivity index (χ2v) is 4.04. The molecule has 13 heavy (non-hydrogen) atoms. The molecular formula is C11H24N2. The molecule has 2 heteroatoms. The zero-order valence-electron chi connectivity index (χ0n) is 8.94. The molecule has 78 valence electrons. The fourth-order valence-electron chi connectivity index (χ4n) is 1.90. The minimum Gasteiger partial charge on any atom is -0.317 e. The lowest BCUT2D eigenvalue weighted by molar-refractivity contribution is 0.515. The van der Waals surface area contributed by atoms with Crippen LogP contribution in [0.25, 0.3) is 0 Å². The Morgan fingerprint density at radius 2 is 2.23 bits per heavy atom. The summed E-state index contributed by atoms with van der Waals surface area (Å²) in [5, 5.41) is 7.03. The van der Waals surface area contributed by atoms with E-state index in [9.17, 15) is 0 Å². The van der Waals surface area contributed by atoms with Gasteiger partial charge in [-0.1, -0.05) is 19.8 Å². The predicted molar refractivity (Wildman–Crippen MR) is 58.0 cm³/mol. The third-order valence-corrected chi connectivity index (χ3v) is 2.79. The summed E-state index contributed by atoms with van der Waals surface area (Å²) < 4.78 is 0. The number of hydrogen-bond donors (Lipinski definition) is 2. The first-order valence-corrected chi connectivity index (χ1v) is 5.87. The van der Waals surface area contributed by atoms with E-state index < -0.39 is 0 Å². The SMILES string of the molecule is CCCCCNCCC1CCCN1. The highest BCUT2D eigenvalue weighted by molar-refractivity contribution is 4.74. The van der Waals surface area contributed by atoms with E-state index in [1.807, 2.05) is 0 Å². The van der Waals surface area contributed by atoms with E-state index in [0.717, 1.165) is 6.04 Å². The summed E-state index contributed by atoms with van der Waals surface area (Å²) in [6.45, 7) is 5.89. The molecular weight excluding hydrogens is 160 g/mol. The fraction of sp³-hybridized carbons (Fsp3) is 1.00. The monoisotopic (exact) mass is 184 g/mol. The van der Waals surface area contributed by atoms with Gasteiger partial charge < -0.3 is 10.6 Å². The molecule has 2 N–H and O–H groups in total. The van der Waals surface area contributed by atoms with Gasteiger partial charge in [0, 0.05) is 6.04 Å². The average Bonchev–Trinajstić information content (AvgIpc) is 2.63. The molecule has 0 aromatic carbocycles. The Morgan fingerprint density at radius 1 is 1.31 bits per heavy atom. The Hall–Kier alpha value is -0.0800. The van der Waals surface area contributed by atoms with Gasteiger partial charge in [0.15, 0.2) is 0 Å². The van der Waals surface area contributed by atoms with Crippen molar-refractivity contribution in [3.63, 3.8) is 0 Å². The Kier molecular flexibility index (Phi) is 6.21. The van der Waals surface area contributed by atoms with Gasteiger partial charge in [0.2, 0.25) is 0 Å². The maximum atomic E-state index is 3.52. The quantitative estimate of drug-likeness (QED) is 0.591. The van der Waals surface area contributed by atoms with Gasteiger partial charge in [-0.15, -0.1) is 0 Å². The van der Waals surface area contributed by atoms with Crippen molar-refractivity contribution in [2.24, 2.45) is 0 Å². The van der Waals surface area contributed by atoms with Gasteiger partial charge in [0.1, 0.15) is 0 Å². The first kappa shape index (κ1) is 11.0. The van der Waals surface area contributed by atoms with Gasteiger partial charge >= 0.3 is 0 Å². The molecule has 0 bridgehead atoms. The molecule has 1 saturated heterocycles. The number of nitrogens with one attached hydrogen (secondary N) is 2. The number of unbranched alkanes of at least 4 members (excludes halogenated alkanes) is 2. The van der Waals surface area contributed by atoms with Crippen LogP contribution in [0.5, 0.6) is 0 Å². The smallest absolute Gasteiger partial charge is 0.00796 e. The summed E-state index contributed by atoms with van der Waals surface area (Å²) >= 11 is 0. The van der Waals surface area contributed by atoms with Crippen LogP contribution in [0.1, 0.15) is 45.4 Å². The molecule has 1 fully saturated rings. The van der Waals surface area contributed by atoms with Crippen molar-refractivity contribution in [2.75, 3.05) is 19.6 Å². The number of hydrogen-bond acceptors (Lipinski definition) is 2. The normalized spacial score (nSPS) is 22.4. The molecule has 1 aliphatic rings. The van der Waals surface area contributed by atoms with Crippen LogP contribution in [0.2, 0.25) is 0 Å². The Labute approximate surface area is 82.5 Å². The largest absolute Gasteiger partial charge is 0.317 e. The molecule has 0 amide bonds. The van der Waals surface area contributed by atoms with Crippen molar-refractivity contribution in [1.82, 2.24) is 10.6 Å². The zero-order valence-corrected chi connectivity index (χ0v) is 8.94. The first-order valence-electron chi connectivity index (χ1n) is 5.87. The van der Waals surface area contributed by atoms with Crippen molar-refractivity contribution < 1.29 is 0 Å². The summed E-state index contributed by atoms with van der Waals surface area (Å²) in [7, 11) is 0. The standard InChI is InChI=1S/C11H24N2/c1-2-3-4-8-12-10-7-11-6-5-9-13-11/h11-13H,2-10H2,1H3. The van der Waals surface area contributed by atoms with Gasteiger partial charge in [-0.25, -0.2) is 0 Å². The lowest BCUT2D eigenvalue weighted by Crippen LogP contribution is -2.27. The van der Waals surface area contributed by atoms with Gasteiger partial charge in [-0.2, -0.15) is 0 Å². The Bertz CT molecular complexity index is 109. The molecule has 0 aromatic heterocycles. The third-order valence-electron chi connectivity index (χ3n) is 2.79. The highest BCUT2D eigenvalue weighted by Gasteiger charge is 2.12. The summed E-state index contributed by atoms with van der Waals surface area (Å²) in [6, 6.07) is 0.804. The van der Waals surface area contributed by atoms with Gasteiger partial charge in [-0.3, -0.25) is 0 Å². The van der Waals surface area contributed by atoms with Crippen LogP contribution in [0, 0.1) is 0 Å². The van der Waals surface area contributed by atoms with Crippen molar-refractivity contribution >= 4 is 0 Å². The Morgan fingerprint density at radius 3 is 2.92 bits per heavy atom. The molecule has 1 aliphatic heterocycles. The van der Waals surface area contributed by atoms with E-state index in [-0.39, 0.29) is 0 Å². The molecule has 0 aliphatic carbocycles. The van der Waals surface area contributed by atoms with Crippen LogP contribution in [-0.4, -0.2) is 25.7 Å². The van der Waals surface area contributed by atoms with Crippen molar-refractivity contribution in [3.8, 4) is 0 Å².